The van der Waals surface area contributed by atoms with E-state index in [4.69, 9.17) is 9.47 Å². The van der Waals surface area contributed by atoms with E-state index in [1.807, 2.05) is 18.7 Å². The highest BCUT2D eigenvalue weighted by molar-refractivity contribution is 5.94. The number of benzene rings is 1. The molecule has 12 heteroatoms. The fourth-order valence-corrected chi connectivity index (χ4v) is 3.68. The topological polar surface area (TPSA) is 123 Å². The van der Waals surface area contributed by atoms with E-state index in [2.05, 4.69) is 25.5 Å². The lowest BCUT2D eigenvalue weighted by Crippen LogP contribution is -2.46. The molecule has 0 radical (unpaired) electrons. The van der Waals surface area contributed by atoms with Gasteiger partial charge in [-0.1, -0.05) is 12.1 Å². The van der Waals surface area contributed by atoms with Crippen LogP contribution < -0.4 is 15.0 Å². The molecular weight excluding hydrogens is 450 g/mol. The van der Waals surface area contributed by atoms with Crippen molar-refractivity contribution < 1.29 is 28.2 Å². The molecule has 1 fully saturated rings. The SMILES string of the molecule is C[C@@H]1CN(c2ncc(F)c(Nc3cc(-c4ccc(OCF)cc4)c(C(=O)O)nn3)n2)C[C@H](C)O1. The van der Waals surface area contributed by atoms with Gasteiger partial charge in [-0.25, -0.2) is 18.6 Å². The van der Waals surface area contributed by atoms with E-state index in [-0.39, 0.29) is 40.9 Å². The first-order valence-electron chi connectivity index (χ1n) is 10.4. The minimum atomic E-state index is -1.29. The van der Waals surface area contributed by atoms with Gasteiger partial charge in [-0.05, 0) is 37.6 Å². The molecule has 2 N–H and O–H groups in total. The maximum atomic E-state index is 14.5. The minimum Gasteiger partial charge on any atom is -0.476 e. The maximum absolute atomic E-state index is 14.5. The average molecular weight is 472 g/mol. The molecule has 1 aromatic carbocycles. The lowest BCUT2D eigenvalue weighted by Gasteiger charge is -2.35. The Morgan fingerprint density at radius 1 is 1.24 bits per heavy atom. The molecule has 0 spiro atoms. The van der Waals surface area contributed by atoms with Gasteiger partial charge in [-0.15, -0.1) is 10.2 Å². The van der Waals surface area contributed by atoms with E-state index >= 15 is 0 Å². The number of rotatable bonds is 7. The molecule has 1 saturated heterocycles. The first kappa shape index (κ1) is 23.2. The van der Waals surface area contributed by atoms with Crippen LogP contribution in [0.25, 0.3) is 11.1 Å². The van der Waals surface area contributed by atoms with Gasteiger partial charge in [0, 0.05) is 18.7 Å². The quantitative estimate of drug-likeness (QED) is 0.529. The summed E-state index contributed by atoms with van der Waals surface area (Å²) in [7, 11) is 0. The van der Waals surface area contributed by atoms with Gasteiger partial charge in [0.05, 0.1) is 18.4 Å². The van der Waals surface area contributed by atoms with Crippen molar-refractivity contribution in [2.24, 2.45) is 0 Å². The van der Waals surface area contributed by atoms with Crippen molar-refractivity contribution in [3.8, 4) is 16.9 Å². The number of carboxylic acids is 1. The molecule has 2 aromatic heterocycles. The number of carbonyl (C=O) groups is 1. The number of alkyl halides is 1. The van der Waals surface area contributed by atoms with Crippen LogP contribution >= 0.6 is 0 Å². The fraction of sp³-hybridized carbons (Fsp3) is 0.318. The smallest absolute Gasteiger partial charge is 0.357 e. The number of hydrogen-bond acceptors (Lipinski definition) is 9. The van der Waals surface area contributed by atoms with Crippen molar-refractivity contribution in [2.45, 2.75) is 26.1 Å². The van der Waals surface area contributed by atoms with Gasteiger partial charge in [0.15, 0.2) is 23.1 Å². The molecule has 3 heterocycles. The summed E-state index contributed by atoms with van der Waals surface area (Å²) >= 11 is 0. The molecule has 0 unspecified atom stereocenters. The second-order valence-electron chi connectivity index (χ2n) is 7.73. The van der Waals surface area contributed by atoms with Crippen LogP contribution in [0.2, 0.25) is 0 Å². The van der Waals surface area contributed by atoms with Gasteiger partial charge in [-0.2, -0.15) is 4.98 Å². The molecule has 10 nitrogen and oxygen atoms in total. The standard InChI is InChI=1S/C22H22F2N6O4/c1-12-9-30(10-13(2)34-12)22-25-8-17(24)20(27-22)26-18-7-16(19(21(31)32)29-28-18)14-3-5-15(6-4-14)33-11-23/h3-8,12-13H,9-11H2,1-2H3,(H,31,32)(H,25,26,27,28)/t12-,13+. The van der Waals surface area contributed by atoms with Gasteiger partial charge < -0.3 is 24.8 Å². The van der Waals surface area contributed by atoms with Crippen LogP contribution in [0, 0.1) is 5.82 Å². The maximum Gasteiger partial charge on any atom is 0.357 e. The number of morpholine rings is 1. The first-order valence-corrected chi connectivity index (χ1v) is 10.4. The number of hydrogen-bond donors (Lipinski definition) is 2. The van der Waals surface area contributed by atoms with Crippen LogP contribution in [0.3, 0.4) is 0 Å². The first-order chi connectivity index (χ1) is 16.3. The number of carboxylic acid groups (broad SMARTS) is 1. The van der Waals surface area contributed by atoms with Crippen molar-refractivity contribution in [3.05, 3.63) is 48.0 Å². The zero-order valence-corrected chi connectivity index (χ0v) is 18.4. The predicted octanol–water partition coefficient (Wildman–Crippen LogP) is 3.43. The third kappa shape index (κ3) is 5.17. The summed E-state index contributed by atoms with van der Waals surface area (Å²) in [5, 5.41) is 19.9. The fourth-order valence-electron chi connectivity index (χ4n) is 3.68. The summed E-state index contributed by atoms with van der Waals surface area (Å²) in [5.41, 5.74) is 0.397. The van der Waals surface area contributed by atoms with Gasteiger partial charge in [0.1, 0.15) is 5.75 Å². The second kappa shape index (κ2) is 9.91. The van der Waals surface area contributed by atoms with Crippen molar-refractivity contribution >= 4 is 23.6 Å². The minimum absolute atomic E-state index is 0.0347. The summed E-state index contributed by atoms with van der Waals surface area (Å²) in [6, 6.07) is 7.52. The zero-order valence-electron chi connectivity index (χ0n) is 18.4. The van der Waals surface area contributed by atoms with E-state index in [1.54, 1.807) is 12.1 Å². The van der Waals surface area contributed by atoms with Crippen molar-refractivity contribution in [1.82, 2.24) is 20.2 Å². The summed E-state index contributed by atoms with van der Waals surface area (Å²) in [5.74, 6) is -1.45. The molecule has 178 valence electrons. The molecule has 1 aliphatic heterocycles. The lowest BCUT2D eigenvalue weighted by molar-refractivity contribution is -0.00572. The van der Waals surface area contributed by atoms with Crippen LogP contribution in [0.4, 0.5) is 26.4 Å². The van der Waals surface area contributed by atoms with E-state index in [0.29, 0.717) is 24.6 Å². The Hall–Kier alpha value is -3.93. The monoisotopic (exact) mass is 472 g/mol. The van der Waals surface area contributed by atoms with Crippen LogP contribution in [-0.4, -0.2) is 63.4 Å². The summed E-state index contributed by atoms with van der Waals surface area (Å²) in [4.78, 5) is 21.9. The predicted molar refractivity (Wildman–Crippen MR) is 119 cm³/mol. The van der Waals surface area contributed by atoms with Crippen LogP contribution in [0.1, 0.15) is 24.3 Å². The summed E-state index contributed by atoms with van der Waals surface area (Å²) in [6.45, 7) is 3.98. The molecule has 0 bridgehead atoms. The van der Waals surface area contributed by atoms with E-state index in [9.17, 15) is 18.7 Å². The average Bonchev–Trinajstić information content (AvgIpc) is 2.80. The largest absolute Gasteiger partial charge is 0.476 e. The molecule has 1 aliphatic rings. The molecule has 0 amide bonds. The lowest BCUT2D eigenvalue weighted by atomic mass is 10.0. The summed E-state index contributed by atoms with van der Waals surface area (Å²) in [6.07, 6.45) is 0.985. The molecule has 4 rings (SSSR count). The van der Waals surface area contributed by atoms with E-state index in [1.165, 1.54) is 18.2 Å². The van der Waals surface area contributed by atoms with Crippen molar-refractivity contribution in [1.29, 1.82) is 0 Å². The number of nitrogens with one attached hydrogen (secondary N) is 1. The summed E-state index contributed by atoms with van der Waals surface area (Å²) < 4.78 is 37.4. The van der Waals surface area contributed by atoms with E-state index < -0.39 is 18.6 Å². The number of aromatic carboxylic acids is 1. The number of nitrogens with zero attached hydrogens (tertiary/aromatic N) is 5. The van der Waals surface area contributed by atoms with Gasteiger partial charge in [0.25, 0.3) is 0 Å². The Morgan fingerprint density at radius 3 is 2.59 bits per heavy atom. The van der Waals surface area contributed by atoms with Crippen molar-refractivity contribution in [3.63, 3.8) is 0 Å². The number of ether oxygens (including phenoxy) is 2. The van der Waals surface area contributed by atoms with Gasteiger partial charge in [-0.3, -0.25) is 0 Å². The molecule has 0 saturated carbocycles. The zero-order chi connectivity index (χ0) is 24.2. The van der Waals surface area contributed by atoms with E-state index in [0.717, 1.165) is 6.20 Å². The van der Waals surface area contributed by atoms with Gasteiger partial charge in [0.2, 0.25) is 12.8 Å². The van der Waals surface area contributed by atoms with Gasteiger partial charge >= 0.3 is 5.97 Å². The molecule has 3 aromatic rings. The van der Waals surface area contributed by atoms with Crippen LogP contribution in [-0.2, 0) is 4.74 Å². The third-order valence-electron chi connectivity index (χ3n) is 5.06. The Morgan fingerprint density at radius 2 is 1.94 bits per heavy atom. The molecule has 2 atom stereocenters. The Bertz CT molecular complexity index is 1170. The molecule has 34 heavy (non-hydrogen) atoms. The number of halogens is 2. The molecular formula is C22H22F2N6O4. The molecule has 0 aliphatic carbocycles. The number of aromatic nitrogens is 4. The number of anilines is 3. The van der Waals surface area contributed by atoms with Crippen LogP contribution in [0.5, 0.6) is 5.75 Å². The Kier molecular flexibility index (Phi) is 6.77. The normalized spacial score (nSPS) is 17.9. The second-order valence-corrected chi connectivity index (χ2v) is 7.73. The Labute approximate surface area is 193 Å². The van der Waals surface area contributed by atoms with Crippen LogP contribution in [0.15, 0.2) is 36.5 Å². The highest BCUT2D eigenvalue weighted by Crippen LogP contribution is 2.28. The Balaban J connectivity index is 1.64. The third-order valence-corrected chi connectivity index (χ3v) is 5.06. The highest BCUT2D eigenvalue weighted by atomic mass is 19.1. The van der Waals surface area contributed by atoms with Crippen molar-refractivity contribution in [2.75, 3.05) is 30.2 Å². The highest BCUT2D eigenvalue weighted by Gasteiger charge is 2.25.